The molecule has 104 valence electrons. The number of carboxylic acid groups (broad SMARTS) is 1. The van der Waals surface area contributed by atoms with Crippen LogP contribution in [-0.2, 0) is 14.8 Å². The number of carbonyl (C=O) groups is 1. The molecule has 7 heteroatoms. The maximum atomic E-state index is 12.4. The Balaban J connectivity index is 2.31. The first-order chi connectivity index (χ1) is 8.82. The van der Waals surface area contributed by atoms with E-state index in [1.54, 1.807) is 12.1 Å². The van der Waals surface area contributed by atoms with Gasteiger partial charge in [0.2, 0.25) is 10.0 Å². The van der Waals surface area contributed by atoms with Gasteiger partial charge in [-0.05, 0) is 31.0 Å². The predicted molar refractivity (Wildman–Crippen MR) is 70.7 cm³/mol. The van der Waals surface area contributed by atoms with E-state index in [9.17, 15) is 13.2 Å². The number of nitrogens with zero attached hydrogens (tertiary/aromatic N) is 1. The number of hydrogen-bond donors (Lipinski definition) is 1. The van der Waals surface area contributed by atoms with Gasteiger partial charge in [0.05, 0.1) is 10.9 Å². The number of halogens is 1. The van der Waals surface area contributed by atoms with E-state index in [1.165, 1.54) is 10.4 Å². The Kier molecular flexibility index (Phi) is 3.85. The van der Waals surface area contributed by atoms with Crippen LogP contribution in [0.3, 0.4) is 0 Å². The molecule has 0 aliphatic carbocycles. The number of rotatable bonds is 3. The molecular formula is C12H14ClNO4S. The Bertz CT molecular complexity index is 614. The molecule has 1 aliphatic heterocycles. The standard InChI is InChI=1S/C12H14ClNO4S/c1-8-2-3-11(10(13)6-8)19(17,18)14-5-4-9(7-14)12(15)16/h2-3,6,9H,4-5,7H2,1H3,(H,15,16). The number of benzene rings is 1. The van der Waals surface area contributed by atoms with E-state index in [4.69, 9.17) is 16.7 Å². The largest absolute Gasteiger partial charge is 0.481 e. The zero-order valence-corrected chi connectivity index (χ0v) is 11.9. The van der Waals surface area contributed by atoms with Crippen LogP contribution in [0, 0.1) is 12.8 Å². The number of sulfonamides is 1. The van der Waals surface area contributed by atoms with Crippen LogP contribution in [0.4, 0.5) is 0 Å². The summed E-state index contributed by atoms with van der Waals surface area (Å²) in [5, 5.41) is 9.08. The van der Waals surface area contributed by atoms with E-state index in [2.05, 4.69) is 0 Å². The van der Waals surface area contributed by atoms with Gasteiger partial charge in [0.15, 0.2) is 0 Å². The summed E-state index contributed by atoms with van der Waals surface area (Å²) < 4.78 is 25.9. The van der Waals surface area contributed by atoms with Gasteiger partial charge in [-0.1, -0.05) is 17.7 Å². The molecule has 0 aromatic heterocycles. The van der Waals surface area contributed by atoms with Crippen LogP contribution < -0.4 is 0 Å². The molecular weight excluding hydrogens is 290 g/mol. The van der Waals surface area contributed by atoms with E-state index < -0.39 is 21.9 Å². The van der Waals surface area contributed by atoms with E-state index in [-0.39, 0.29) is 23.0 Å². The molecule has 0 bridgehead atoms. The average molecular weight is 304 g/mol. The fraction of sp³-hybridized carbons (Fsp3) is 0.417. The summed E-state index contributed by atoms with van der Waals surface area (Å²) in [5.74, 6) is -1.60. The minimum Gasteiger partial charge on any atom is -0.481 e. The van der Waals surface area contributed by atoms with Crippen molar-refractivity contribution in [2.24, 2.45) is 5.92 Å². The second-order valence-corrected chi connectivity index (χ2v) is 6.93. The van der Waals surface area contributed by atoms with Crippen molar-refractivity contribution in [3.05, 3.63) is 28.8 Å². The summed E-state index contributed by atoms with van der Waals surface area (Å²) in [4.78, 5) is 10.9. The molecule has 19 heavy (non-hydrogen) atoms. The molecule has 0 amide bonds. The Labute approximate surface area is 116 Å². The summed E-state index contributed by atoms with van der Waals surface area (Å²) in [7, 11) is -3.71. The highest BCUT2D eigenvalue weighted by molar-refractivity contribution is 7.89. The number of aliphatic carboxylic acids is 1. The summed E-state index contributed by atoms with van der Waals surface area (Å²) in [6, 6.07) is 4.71. The van der Waals surface area contributed by atoms with Crippen molar-refractivity contribution in [2.75, 3.05) is 13.1 Å². The molecule has 1 heterocycles. The molecule has 1 aromatic carbocycles. The molecule has 0 radical (unpaired) electrons. The van der Waals surface area contributed by atoms with E-state index >= 15 is 0 Å². The Morgan fingerprint density at radius 1 is 1.47 bits per heavy atom. The Hall–Kier alpha value is -1.11. The minimum absolute atomic E-state index is 0.00186. The van der Waals surface area contributed by atoms with Gasteiger partial charge in [-0.25, -0.2) is 8.42 Å². The first-order valence-electron chi connectivity index (χ1n) is 5.81. The number of hydrogen-bond acceptors (Lipinski definition) is 3. The lowest BCUT2D eigenvalue weighted by Crippen LogP contribution is -2.30. The first kappa shape index (κ1) is 14.3. The lowest BCUT2D eigenvalue weighted by atomic mass is 10.1. The molecule has 2 rings (SSSR count). The van der Waals surface area contributed by atoms with Crippen molar-refractivity contribution in [3.8, 4) is 0 Å². The molecule has 1 atom stereocenters. The zero-order valence-electron chi connectivity index (χ0n) is 10.3. The lowest BCUT2D eigenvalue weighted by Gasteiger charge is -2.17. The summed E-state index contributed by atoms with van der Waals surface area (Å²) in [6.07, 6.45) is 0.331. The molecule has 1 aromatic rings. The highest BCUT2D eigenvalue weighted by atomic mass is 35.5. The fourth-order valence-corrected chi connectivity index (χ4v) is 4.18. The molecule has 1 unspecified atom stereocenters. The van der Waals surface area contributed by atoms with Crippen LogP contribution in [0.5, 0.6) is 0 Å². The van der Waals surface area contributed by atoms with Gasteiger partial charge in [-0.15, -0.1) is 0 Å². The second-order valence-electron chi connectivity index (χ2n) is 4.62. The van der Waals surface area contributed by atoms with Crippen LogP contribution >= 0.6 is 11.6 Å². The van der Waals surface area contributed by atoms with E-state index in [0.29, 0.717) is 6.42 Å². The Morgan fingerprint density at radius 3 is 2.68 bits per heavy atom. The van der Waals surface area contributed by atoms with Crippen molar-refractivity contribution in [1.82, 2.24) is 4.31 Å². The summed E-state index contributed by atoms with van der Waals surface area (Å²) in [5.41, 5.74) is 0.869. The van der Waals surface area contributed by atoms with E-state index in [1.807, 2.05) is 6.92 Å². The van der Waals surface area contributed by atoms with Crippen LogP contribution in [0.2, 0.25) is 5.02 Å². The van der Waals surface area contributed by atoms with Crippen LogP contribution in [0.15, 0.2) is 23.1 Å². The summed E-state index contributed by atoms with van der Waals surface area (Å²) in [6.45, 7) is 2.03. The highest BCUT2D eigenvalue weighted by Gasteiger charge is 2.36. The van der Waals surface area contributed by atoms with Gasteiger partial charge in [0.1, 0.15) is 4.90 Å². The van der Waals surface area contributed by atoms with Crippen LogP contribution in [-0.4, -0.2) is 36.9 Å². The second kappa shape index (κ2) is 5.11. The Morgan fingerprint density at radius 2 is 2.16 bits per heavy atom. The summed E-state index contributed by atoms with van der Waals surface area (Å²) >= 11 is 5.97. The molecule has 0 saturated carbocycles. The first-order valence-corrected chi connectivity index (χ1v) is 7.63. The topological polar surface area (TPSA) is 74.7 Å². The SMILES string of the molecule is Cc1ccc(S(=O)(=O)N2CCC(C(=O)O)C2)c(Cl)c1. The number of carboxylic acids is 1. The van der Waals surface area contributed by atoms with Crippen molar-refractivity contribution in [2.45, 2.75) is 18.2 Å². The molecule has 0 spiro atoms. The van der Waals surface area contributed by atoms with Gasteiger partial charge in [-0.2, -0.15) is 4.31 Å². The zero-order chi connectivity index (χ0) is 14.2. The monoisotopic (exact) mass is 303 g/mol. The number of aryl methyl sites for hydroxylation is 1. The third-order valence-electron chi connectivity index (χ3n) is 3.21. The van der Waals surface area contributed by atoms with E-state index in [0.717, 1.165) is 5.56 Å². The van der Waals surface area contributed by atoms with Crippen molar-refractivity contribution in [3.63, 3.8) is 0 Å². The van der Waals surface area contributed by atoms with Gasteiger partial charge in [0, 0.05) is 13.1 Å². The molecule has 5 nitrogen and oxygen atoms in total. The normalized spacial score (nSPS) is 20.6. The third-order valence-corrected chi connectivity index (χ3v) is 5.55. The van der Waals surface area contributed by atoms with Gasteiger partial charge in [0.25, 0.3) is 0 Å². The molecule has 1 fully saturated rings. The van der Waals surface area contributed by atoms with Crippen molar-refractivity contribution < 1.29 is 18.3 Å². The smallest absolute Gasteiger partial charge is 0.307 e. The fourth-order valence-electron chi connectivity index (χ4n) is 2.10. The molecule has 1 N–H and O–H groups in total. The lowest BCUT2D eigenvalue weighted by molar-refractivity contribution is -0.141. The van der Waals surface area contributed by atoms with Crippen LogP contribution in [0.1, 0.15) is 12.0 Å². The van der Waals surface area contributed by atoms with Crippen LogP contribution in [0.25, 0.3) is 0 Å². The third kappa shape index (κ3) is 2.75. The van der Waals surface area contributed by atoms with Crippen molar-refractivity contribution in [1.29, 1.82) is 0 Å². The molecule has 1 saturated heterocycles. The molecule has 1 aliphatic rings. The highest BCUT2D eigenvalue weighted by Crippen LogP contribution is 2.29. The maximum Gasteiger partial charge on any atom is 0.307 e. The van der Waals surface area contributed by atoms with Gasteiger partial charge in [-0.3, -0.25) is 4.79 Å². The van der Waals surface area contributed by atoms with Crippen molar-refractivity contribution >= 4 is 27.6 Å². The van der Waals surface area contributed by atoms with Gasteiger partial charge < -0.3 is 5.11 Å². The minimum atomic E-state index is -3.71. The van der Waals surface area contributed by atoms with Gasteiger partial charge >= 0.3 is 5.97 Å². The maximum absolute atomic E-state index is 12.4. The quantitative estimate of drug-likeness (QED) is 0.923. The average Bonchev–Trinajstić information content (AvgIpc) is 2.78. The predicted octanol–water partition coefficient (Wildman–Crippen LogP) is 1.74.